The van der Waals surface area contributed by atoms with E-state index in [1.54, 1.807) is 6.92 Å². The van der Waals surface area contributed by atoms with Crippen molar-refractivity contribution in [2.24, 2.45) is 5.73 Å². The molecular weight excluding hydrogens is 246 g/mol. The van der Waals surface area contributed by atoms with E-state index in [1.807, 2.05) is 0 Å². The lowest BCUT2D eigenvalue weighted by Gasteiger charge is -2.10. The Hall–Kier alpha value is -1.66. The molecule has 7 heteroatoms. The van der Waals surface area contributed by atoms with Crippen LogP contribution >= 0.6 is 11.6 Å². The molecule has 0 spiro atoms. The largest absolute Gasteiger partial charge is 0.368 e. The summed E-state index contributed by atoms with van der Waals surface area (Å²) in [6.07, 6.45) is 0. The summed E-state index contributed by atoms with van der Waals surface area (Å²) in [5, 5.41) is 13.8. The molecule has 0 aliphatic heterocycles. The van der Waals surface area contributed by atoms with Gasteiger partial charge in [-0.2, -0.15) is 0 Å². The molecule has 6 nitrogen and oxygen atoms in total. The van der Waals surface area contributed by atoms with Gasteiger partial charge in [0.1, 0.15) is 0 Å². The number of non-ortho nitro benzene ring substituents is 1. The molecule has 0 saturated heterocycles. The highest BCUT2D eigenvalue weighted by Gasteiger charge is 2.12. The van der Waals surface area contributed by atoms with Gasteiger partial charge in [0.15, 0.2) is 0 Å². The number of hydrogen-bond acceptors (Lipinski definition) is 4. The van der Waals surface area contributed by atoms with E-state index in [0.29, 0.717) is 10.6 Å². The molecule has 1 atom stereocenters. The highest BCUT2D eigenvalue weighted by Crippen LogP contribution is 2.21. The number of carbonyl (C=O) groups excluding carboxylic acids is 1. The first-order valence-corrected chi connectivity index (χ1v) is 5.25. The molecule has 0 heterocycles. The summed E-state index contributed by atoms with van der Waals surface area (Å²) in [5.74, 6) is -0.494. The fourth-order valence-electron chi connectivity index (χ4n) is 1.17. The van der Waals surface area contributed by atoms with Gasteiger partial charge in [0, 0.05) is 23.7 Å². The zero-order chi connectivity index (χ0) is 13.0. The van der Waals surface area contributed by atoms with Gasteiger partial charge < -0.3 is 11.1 Å². The third kappa shape index (κ3) is 3.69. The molecule has 0 aliphatic rings. The first-order valence-electron chi connectivity index (χ1n) is 4.87. The third-order valence-corrected chi connectivity index (χ3v) is 2.63. The molecule has 0 radical (unpaired) electrons. The molecule has 0 bridgehead atoms. The predicted molar refractivity (Wildman–Crippen MR) is 63.6 cm³/mol. The van der Waals surface area contributed by atoms with Gasteiger partial charge in [0.05, 0.1) is 11.0 Å². The number of benzene rings is 1. The molecule has 17 heavy (non-hydrogen) atoms. The van der Waals surface area contributed by atoms with E-state index in [-0.39, 0.29) is 12.2 Å². The molecule has 1 rings (SSSR count). The van der Waals surface area contributed by atoms with E-state index in [0.717, 1.165) is 0 Å². The van der Waals surface area contributed by atoms with Gasteiger partial charge in [-0.05, 0) is 18.6 Å². The van der Waals surface area contributed by atoms with Crippen LogP contribution in [0.3, 0.4) is 0 Å². The summed E-state index contributed by atoms with van der Waals surface area (Å²) < 4.78 is 0. The van der Waals surface area contributed by atoms with Crippen LogP contribution in [-0.2, 0) is 11.3 Å². The number of nitro groups is 1. The first-order chi connectivity index (χ1) is 7.91. The molecule has 0 fully saturated rings. The predicted octanol–water partition coefficient (Wildman–Crippen LogP) is 1.21. The molecule has 1 aromatic carbocycles. The van der Waals surface area contributed by atoms with Gasteiger partial charge in [-0.3, -0.25) is 14.9 Å². The molecule has 0 aliphatic carbocycles. The number of halogens is 1. The van der Waals surface area contributed by atoms with E-state index in [2.05, 4.69) is 5.32 Å². The zero-order valence-electron chi connectivity index (χ0n) is 9.14. The van der Waals surface area contributed by atoms with Gasteiger partial charge in [-0.15, -0.1) is 0 Å². The van der Waals surface area contributed by atoms with Crippen LogP contribution in [0.1, 0.15) is 12.5 Å². The minimum atomic E-state index is -0.523. The minimum Gasteiger partial charge on any atom is -0.368 e. The Labute approximate surface area is 103 Å². The maximum absolute atomic E-state index is 10.8. The number of amides is 1. The summed E-state index contributed by atoms with van der Waals surface area (Å²) in [6.45, 7) is 1.85. The fourth-order valence-corrected chi connectivity index (χ4v) is 1.36. The van der Waals surface area contributed by atoms with Gasteiger partial charge in [-0.1, -0.05) is 11.6 Å². The zero-order valence-corrected chi connectivity index (χ0v) is 9.90. The van der Waals surface area contributed by atoms with Crippen molar-refractivity contribution in [3.05, 3.63) is 38.9 Å². The molecule has 1 amide bonds. The highest BCUT2D eigenvalue weighted by molar-refractivity contribution is 6.31. The van der Waals surface area contributed by atoms with Crippen molar-refractivity contribution in [2.75, 3.05) is 0 Å². The van der Waals surface area contributed by atoms with Crippen LogP contribution in [0.4, 0.5) is 5.69 Å². The Bertz CT molecular complexity index is 450. The average Bonchev–Trinajstić information content (AvgIpc) is 2.26. The maximum atomic E-state index is 10.8. The maximum Gasteiger partial charge on any atom is 0.269 e. The summed E-state index contributed by atoms with van der Waals surface area (Å²) in [7, 11) is 0. The van der Waals surface area contributed by atoms with E-state index in [1.165, 1.54) is 18.2 Å². The van der Waals surface area contributed by atoms with Crippen LogP contribution < -0.4 is 11.1 Å². The summed E-state index contributed by atoms with van der Waals surface area (Å²) in [5.41, 5.74) is 5.58. The van der Waals surface area contributed by atoms with Crippen LogP contribution in [0.2, 0.25) is 5.02 Å². The number of rotatable bonds is 5. The molecule has 0 aromatic heterocycles. The van der Waals surface area contributed by atoms with E-state index in [9.17, 15) is 14.9 Å². The van der Waals surface area contributed by atoms with Crippen molar-refractivity contribution in [3.8, 4) is 0 Å². The van der Waals surface area contributed by atoms with Crippen LogP contribution in [0.15, 0.2) is 18.2 Å². The van der Waals surface area contributed by atoms with Gasteiger partial charge in [-0.25, -0.2) is 0 Å². The van der Waals surface area contributed by atoms with Crippen molar-refractivity contribution in [1.82, 2.24) is 5.32 Å². The van der Waals surface area contributed by atoms with Crippen LogP contribution in [-0.4, -0.2) is 16.9 Å². The summed E-state index contributed by atoms with van der Waals surface area (Å²) in [6, 6.07) is 3.61. The number of nitrogens with zero attached hydrogens (tertiary/aromatic N) is 1. The van der Waals surface area contributed by atoms with Crippen molar-refractivity contribution < 1.29 is 9.72 Å². The fraction of sp³-hybridized carbons (Fsp3) is 0.300. The molecular formula is C10H12ClN3O3. The second-order valence-corrected chi connectivity index (χ2v) is 3.94. The quantitative estimate of drug-likeness (QED) is 0.612. The summed E-state index contributed by atoms with van der Waals surface area (Å²) in [4.78, 5) is 20.9. The minimum absolute atomic E-state index is 0.0436. The number of carbonyl (C=O) groups is 1. The third-order valence-electron chi connectivity index (χ3n) is 2.27. The second kappa shape index (κ2) is 5.60. The number of hydrogen-bond donors (Lipinski definition) is 2. The smallest absolute Gasteiger partial charge is 0.269 e. The number of nitrogens with two attached hydrogens (primary N) is 1. The molecule has 3 N–H and O–H groups in total. The van der Waals surface area contributed by atoms with E-state index in [4.69, 9.17) is 17.3 Å². The number of nitro benzene ring substituents is 1. The van der Waals surface area contributed by atoms with Crippen LogP contribution in [0.5, 0.6) is 0 Å². The number of primary amides is 1. The van der Waals surface area contributed by atoms with E-state index >= 15 is 0 Å². The monoisotopic (exact) mass is 257 g/mol. The Morgan fingerprint density at radius 1 is 1.65 bits per heavy atom. The van der Waals surface area contributed by atoms with E-state index < -0.39 is 16.9 Å². The summed E-state index contributed by atoms with van der Waals surface area (Å²) >= 11 is 5.89. The Morgan fingerprint density at radius 2 is 2.29 bits per heavy atom. The van der Waals surface area contributed by atoms with Crippen molar-refractivity contribution >= 4 is 23.2 Å². The Balaban J connectivity index is 2.79. The topological polar surface area (TPSA) is 98.3 Å². The lowest BCUT2D eigenvalue weighted by molar-refractivity contribution is -0.384. The number of nitrogens with one attached hydrogen (secondary N) is 1. The van der Waals surface area contributed by atoms with Crippen LogP contribution in [0.25, 0.3) is 0 Å². The molecule has 0 saturated carbocycles. The molecule has 92 valence electrons. The molecule has 1 unspecified atom stereocenters. The normalized spacial score (nSPS) is 12.1. The Morgan fingerprint density at radius 3 is 2.82 bits per heavy atom. The standard InChI is InChI=1S/C10H12ClN3O3/c1-6(10(12)15)13-5-7-4-8(14(16)17)2-3-9(7)11/h2-4,6,13H,5H2,1H3,(H2,12,15). The lowest BCUT2D eigenvalue weighted by atomic mass is 10.2. The van der Waals surface area contributed by atoms with Gasteiger partial charge in [0.2, 0.25) is 5.91 Å². The van der Waals surface area contributed by atoms with Gasteiger partial charge in [0.25, 0.3) is 5.69 Å². The van der Waals surface area contributed by atoms with Gasteiger partial charge >= 0.3 is 0 Å². The SMILES string of the molecule is CC(NCc1cc([N+](=O)[O-])ccc1Cl)C(N)=O. The lowest BCUT2D eigenvalue weighted by Crippen LogP contribution is -2.38. The van der Waals surface area contributed by atoms with Crippen molar-refractivity contribution in [1.29, 1.82) is 0 Å². The Kier molecular flexibility index (Phi) is 4.42. The first kappa shape index (κ1) is 13.4. The van der Waals surface area contributed by atoms with Crippen molar-refractivity contribution in [2.45, 2.75) is 19.5 Å². The second-order valence-electron chi connectivity index (χ2n) is 3.54. The van der Waals surface area contributed by atoms with Crippen LogP contribution in [0, 0.1) is 10.1 Å². The molecule has 1 aromatic rings. The average molecular weight is 258 g/mol. The van der Waals surface area contributed by atoms with Crippen molar-refractivity contribution in [3.63, 3.8) is 0 Å². The highest BCUT2D eigenvalue weighted by atomic mass is 35.5.